The summed E-state index contributed by atoms with van der Waals surface area (Å²) in [7, 11) is 0. The van der Waals surface area contributed by atoms with Gasteiger partial charge < -0.3 is 15.5 Å². The minimum absolute atomic E-state index is 0.119. The largest absolute Gasteiger partial charge is 0.461 e. The van der Waals surface area contributed by atoms with E-state index in [1.807, 2.05) is 48.7 Å². The molecule has 28 heavy (non-hydrogen) atoms. The highest BCUT2D eigenvalue weighted by Crippen LogP contribution is 2.33. The van der Waals surface area contributed by atoms with Gasteiger partial charge in [0.25, 0.3) is 0 Å². The number of carbonyl (C=O) groups is 1. The third kappa shape index (κ3) is 4.42. The van der Waals surface area contributed by atoms with E-state index in [1.54, 1.807) is 11.8 Å². The van der Waals surface area contributed by atoms with E-state index in [2.05, 4.69) is 31.2 Å². The number of nitrogens with two attached hydrogens (primary N) is 1. The normalized spacial score (nSPS) is 13.6. The third-order valence-electron chi connectivity index (χ3n) is 5.05. The van der Waals surface area contributed by atoms with Crippen LogP contribution in [0.15, 0.2) is 54.7 Å². The van der Waals surface area contributed by atoms with E-state index >= 15 is 0 Å². The van der Waals surface area contributed by atoms with Crippen LogP contribution in [0.2, 0.25) is 0 Å². The monoisotopic (exact) mass is 396 g/mol. The molecule has 0 saturated carbocycles. The van der Waals surface area contributed by atoms with Crippen molar-refractivity contribution < 1.29 is 9.53 Å². The average Bonchev–Trinajstić information content (AvgIpc) is 3.14. The number of hydrogen-bond acceptors (Lipinski definition) is 4. The van der Waals surface area contributed by atoms with Crippen molar-refractivity contribution in [1.82, 2.24) is 4.98 Å². The quantitative estimate of drug-likeness (QED) is 0.516. The molecule has 0 bridgehead atoms. The van der Waals surface area contributed by atoms with Gasteiger partial charge in [-0.05, 0) is 41.5 Å². The number of aromatic amines is 1. The van der Waals surface area contributed by atoms with Gasteiger partial charge in [-0.3, -0.25) is 0 Å². The van der Waals surface area contributed by atoms with Crippen LogP contribution in [-0.2, 0) is 9.53 Å². The van der Waals surface area contributed by atoms with Gasteiger partial charge in [0.15, 0.2) is 0 Å². The second-order valence-corrected chi connectivity index (χ2v) is 8.30. The highest BCUT2D eigenvalue weighted by Gasteiger charge is 2.26. The van der Waals surface area contributed by atoms with Crippen LogP contribution < -0.4 is 5.73 Å². The van der Waals surface area contributed by atoms with Gasteiger partial charge in [0.1, 0.15) is 12.1 Å². The number of rotatable bonds is 8. The number of benzene rings is 2. The number of nitrogens with one attached hydrogen (secondary N) is 1. The molecule has 1 aromatic heterocycles. The Bertz CT molecular complexity index is 935. The molecular formula is C23H28N2O2S. The highest BCUT2D eigenvalue weighted by molar-refractivity contribution is 7.98. The Morgan fingerprint density at radius 2 is 1.82 bits per heavy atom. The summed E-state index contributed by atoms with van der Waals surface area (Å²) in [5.74, 6) is 0.844. The number of hydrogen-bond donors (Lipinski definition) is 2. The lowest BCUT2D eigenvalue weighted by atomic mass is 9.95. The smallest absolute Gasteiger partial charge is 0.327 e. The Hall–Kier alpha value is -2.24. The van der Waals surface area contributed by atoms with Crippen LogP contribution in [-0.4, -0.2) is 29.1 Å². The summed E-state index contributed by atoms with van der Waals surface area (Å²) in [5.41, 5.74) is 10.2. The zero-order valence-electron chi connectivity index (χ0n) is 16.6. The molecule has 3 rings (SSSR count). The summed E-state index contributed by atoms with van der Waals surface area (Å²) in [6, 6.07) is 15.1. The summed E-state index contributed by atoms with van der Waals surface area (Å²) in [4.78, 5) is 16.1. The van der Waals surface area contributed by atoms with Gasteiger partial charge in [-0.25, -0.2) is 4.79 Å². The molecule has 0 aliphatic rings. The number of para-hydroxylation sites is 1. The number of ether oxygens (including phenoxy) is 1. The average molecular weight is 397 g/mol. The van der Waals surface area contributed by atoms with Crippen molar-refractivity contribution in [3.8, 4) is 11.1 Å². The van der Waals surface area contributed by atoms with Crippen LogP contribution in [0.4, 0.5) is 0 Å². The number of thioether (sulfide) groups is 1. The Kier molecular flexibility index (Phi) is 6.81. The first-order chi connectivity index (χ1) is 13.5. The molecule has 3 aromatic rings. The van der Waals surface area contributed by atoms with E-state index in [4.69, 9.17) is 10.5 Å². The molecule has 2 atom stereocenters. The van der Waals surface area contributed by atoms with Gasteiger partial charge >= 0.3 is 5.97 Å². The number of fused-ring (bicyclic) bond motifs is 1. The van der Waals surface area contributed by atoms with Crippen LogP contribution in [0.3, 0.4) is 0 Å². The molecule has 148 valence electrons. The summed E-state index contributed by atoms with van der Waals surface area (Å²) in [6.45, 7) is 4.15. The summed E-state index contributed by atoms with van der Waals surface area (Å²) >= 11 is 1.76. The molecule has 0 spiro atoms. The Labute approximate surface area is 170 Å². The Morgan fingerprint density at radius 1 is 1.11 bits per heavy atom. The van der Waals surface area contributed by atoms with Crippen LogP contribution in [0.1, 0.15) is 31.9 Å². The lowest BCUT2D eigenvalue weighted by molar-refractivity contribution is -0.153. The number of esters is 1. The second kappa shape index (κ2) is 9.30. The molecule has 0 radical (unpaired) electrons. The molecule has 5 heteroatoms. The van der Waals surface area contributed by atoms with Crippen LogP contribution >= 0.6 is 11.8 Å². The zero-order chi connectivity index (χ0) is 20.1. The highest BCUT2D eigenvalue weighted by atomic mass is 32.2. The maximum absolute atomic E-state index is 12.8. The van der Waals surface area contributed by atoms with E-state index in [0.717, 1.165) is 39.8 Å². The Balaban J connectivity index is 1.88. The van der Waals surface area contributed by atoms with Crippen molar-refractivity contribution in [2.75, 3.05) is 12.0 Å². The molecule has 1 heterocycles. The fourth-order valence-electron chi connectivity index (χ4n) is 3.42. The SMILES string of the molecule is CSCCC(OC(=O)[C@@H](N)c1ccccc1-c1c[nH]c2ccccc12)C(C)C. The standard InChI is InChI=1S/C23H28N2O2S/c1-15(2)21(12-13-28-3)27-23(26)22(24)18-10-5-4-8-16(18)19-14-25-20-11-7-6-9-17(19)20/h4-11,14-15,21-22,25H,12-13,24H2,1-3H3/t21?,22-/m0/s1. The fraction of sp³-hybridized carbons (Fsp3) is 0.348. The predicted molar refractivity (Wildman–Crippen MR) is 118 cm³/mol. The van der Waals surface area contributed by atoms with E-state index in [-0.39, 0.29) is 18.0 Å². The number of H-pyrrole nitrogens is 1. The van der Waals surface area contributed by atoms with Gasteiger partial charge in [-0.2, -0.15) is 11.8 Å². The van der Waals surface area contributed by atoms with Gasteiger partial charge in [0, 0.05) is 22.7 Å². The van der Waals surface area contributed by atoms with Gasteiger partial charge in [0.05, 0.1) is 0 Å². The second-order valence-electron chi connectivity index (χ2n) is 7.31. The molecule has 0 aliphatic heterocycles. The Morgan fingerprint density at radius 3 is 2.57 bits per heavy atom. The maximum Gasteiger partial charge on any atom is 0.327 e. The van der Waals surface area contributed by atoms with Gasteiger partial charge in [-0.15, -0.1) is 0 Å². The van der Waals surface area contributed by atoms with Crippen molar-refractivity contribution in [2.45, 2.75) is 32.4 Å². The molecule has 0 amide bonds. The van der Waals surface area contributed by atoms with Crippen molar-refractivity contribution >= 4 is 28.6 Å². The minimum Gasteiger partial charge on any atom is -0.461 e. The zero-order valence-corrected chi connectivity index (χ0v) is 17.5. The first-order valence-corrected chi connectivity index (χ1v) is 11.0. The first kappa shape index (κ1) is 20.5. The minimum atomic E-state index is -0.819. The summed E-state index contributed by atoms with van der Waals surface area (Å²) < 4.78 is 5.80. The van der Waals surface area contributed by atoms with Crippen molar-refractivity contribution in [3.63, 3.8) is 0 Å². The molecule has 0 saturated heterocycles. The van der Waals surface area contributed by atoms with Crippen LogP contribution in [0.25, 0.3) is 22.0 Å². The van der Waals surface area contributed by atoms with Gasteiger partial charge in [0.2, 0.25) is 0 Å². The van der Waals surface area contributed by atoms with Crippen LogP contribution in [0.5, 0.6) is 0 Å². The molecular weight excluding hydrogens is 368 g/mol. The van der Waals surface area contributed by atoms with E-state index in [0.29, 0.717) is 0 Å². The van der Waals surface area contributed by atoms with Crippen molar-refractivity contribution in [2.24, 2.45) is 11.7 Å². The lowest BCUT2D eigenvalue weighted by Gasteiger charge is -2.24. The topological polar surface area (TPSA) is 68.1 Å². The van der Waals surface area contributed by atoms with Gasteiger partial charge in [-0.1, -0.05) is 56.3 Å². The van der Waals surface area contributed by atoms with Crippen LogP contribution in [0, 0.1) is 5.92 Å². The summed E-state index contributed by atoms with van der Waals surface area (Å²) in [5, 5.41) is 1.11. The molecule has 4 nitrogen and oxygen atoms in total. The molecule has 3 N–H and O–H groups in total. The molecule has 2 aromatic carbocycles. The lowest BCUT2D eigenvalue weighted by Crippen LogP contribution is -2.31. The maximum atomic E-state index is 12.8. The predicted octanol–water partition coefficient (Wildman–Crippen LogP) is 5.16. The first-order valence-electron chi connectivity index (χ1n) is 9.63. The number of carbonyl (C=O) groups excluding carboxylic acids is 1. The van der Waals surface area contributed by atoms with Crippen molar-refractivity contribution in [3.05, 3.63) is 60.3 Å². The fourth-order valence-corrected chi connectivity index (χ4v) is 3.89. The van der Waals surface area contributed by atoms with E-state index in [1.165, 1.54) is 0 Å². The molecule has 0 aliphatic carbocycles. The van der Waals surface area contributed by atoms with E-state index < -0.39 is 6.04 Å². The molecule has 0 fully saturated rings. The number of aromatic nitrogens is 1. The third-order valence-corrected chi connectivity index (χ3v) is 5.69. The molecule has 1 unspecified atom stereocenters. The van der Waals surface area contributed by atoms with E-state index in [9.17, 15) is 4.79 Å². The van der Waals surface area contributed by atoms with Crippen molar-refractivity contribution in [1.29, 1.82) is 0 Å². The summed E-state index contributed by atoms with van der Waals surface area (Å²) in [6.07, 6.45) is 4.74.